The van der Waals surface area contributed by atoms with Gasteiger partial charge in [0.05, 0.1) is 11.9 Å². The fourth-order valence-electron chi connectivity index (χ4n) is 2.59. The Balaban J connectivity index is 1.65. The number of aryl methyl sites for hydroxylation is 2. The molecule has 23 heavy (non-hydrogen) atoms. The Morgan fingerprint density at radius 1 is 1.35 bits per heavy atom. The van der Waals surface area contributed by atoms with E-state index in [-0.39, 0.29) is 5.91 Å². The van der Waals surface area contributed by atoms with Crippen LogP contribution in [0.2, 0.25) is 0 Å². The van der Waals surface area contributed by atoms with Crippen molar-refractivity contribution in [3.8, 4) is 0 Å². The SMILES string of the molecule is CCn1ncc(C2=NO[C@H](C(=O)Nc3ccc(C)cc3)C2)c1C. The molecular weight excluding hydrogens is 292 g/mol. The maximum atomic E-state index is 12.3. The van der Waals surface area contributed by atoms with E-state index in [0.717, 1.165) is 34.8 Å². The third kappa shape index (κ3) is 3.11. The Labute approximate surface area is 135 Å². The van der Waals surface area contributed by atoms with Crippen molar-refractivity contribution in [2.24, 2.45) is 5.16 Å². The van der Waals surface area contributed by atoms with Crippen LogP contribution in [0.3, 0.4) is 0 Å². The maximum absolute atomic E-state index is 12.3. The third-order valence-electron chi connectivity index (χ3n) is 3.99. The average molecular weight is 312 g/mol. The quantitative estimate of drug-likeness (QED) is 0.943. The molecule has 0 aliphatic carbocycles. The van der Waals surface area contributed by atoms with Gasteiger partial charge in [-0.25, -0.2) is 0 Å². The van der Waals surface area contributed by atoms with Crippen LogP contribution in [0.15, 0.2) is 35.6 Å². The molecule has 0 unspecified atom stereocenters. The van der Waals surface area contributed by atoms with E-state index in [9.17, 15) is 4.79 Å². The summed E-state index contributed by atoms with van der Waals surface area (Å²) in [5.41, 5.74) is 4.65. The van der Waals surface area contributed by atoms with Crippen LogP contribution in [0.5, 0.6) is 0 Å². The second-order valence-corrected chi connectivity index (χ2v) is 5.65. The Hall–Kier alpha value is -2.63. The lowest BCUT2D eigenvalue weighted by Gasteiger charge is -2.09. The highest BCUT2D eigenvalue weighted by atomic mass is 16.6. The van der Waals surface area contributed by atoms with Gasteiger partial charge in [0.25, 0.3) is 5.91 Å². The number of aromatic nitrogens is 2. The number of carbonyl (C=O) groups is 1. The molecule has 0 radical (unpaired) electrons. The van der Waals surface area contributed by atoms with E-state index >= 15 is 0 Å². The summed E-state index contributed by atoms with van der Waals surface area (Å²) in [6.07, 6.45) is 1.63. The molecule has 3 rings (SSSR count). The molecule has 0 fully saturated rings. The van der Waals surface area contributed by atoms with E-state index in [4.69, 9.17) is 4.84 Å². The summed E-state index contributed by atoms with van der Waals surface area (Å²) in [7, 11) is 0. The molecule has 0 saturated heterocycles. The van der Waals surface area contributed by atoms with Gasteiger partial charge < -0.3 is 10.2 Å². The number of oxime groups is 1. The fourth-order valence-corrected chi connectivity index (χ4v) is 2.59. The Morgan fingerprint density at radius 3 is 2.74 bits per heavy atom. The van der Waals surface area contributed by atoms with Crippen molar-refractivity contribution in [1.29, 1.82) is 0 Å². The molecule has 1 N–H and O–H groups in total. The molecule has 120 valence electrons. The van der Waals surface area contributed by atoms with E-state index in [0.29, 0.717) is 6.42 Å². The molecule has 0 bridgehead atoms. The summed E-state index contributed by atoms with van der Waals surface area (Å²) in [5.74, 6) is -0.187. The zero-order valence-corrected chi connectivity index (χ0v) is 13.5. The van der Waals surface area contributed by atoms with Gasteiger partial charge >= 0.3 is 0 Å². The van der Waals surface area contributed by atoms with Crippen LogP contribution in [-0.2, 0) is 16.2 Å². The summed E-state index contributed by atoms with van der Waals surface area (Å²) in [6, 6.07) is 7.66. The molecule has 2 heterocycles. The van der Waals surface area contributed by atoms with Gasteiger partial charge in [-0.05, 0) is 32.9 Å². The Bertz CT molecular complexity index is 746. The highest BCUT2D eigenvalue weighted by Gasteiger charge is 2.30. The number of anilines is 1. The van der Waals surface area contributed by atoms with E-state index in [2.05, 4.69) is 15.6 Å². The Morgan fingerprint density at radius 2 is 2.09 bits per heavy atom. The van der Waals surface area contributed by atoms with Gasteiger partial charge in [-0.2, -0.15) is 5.10 Å². The molecule has 1 aromatic carbocycles. The zero-order valence-electron chi connectivity index (χ0n) is 13.5. The van der Waals surface area contributed by atoms with Crippen LogP contribution in [0.1, 0.15) is 30.2 Å². The van der Waals surface area contributed by atoms with Crippen LogP contribution in [0.25, 0.3) is 0 Å². The predicted octanol–water partition coefficient (Wildman–Crippen LogP) is 2.65. The standard InChI is InChI=1S/C17H20N4O2/c1-4-21-12(3)14(10-18-21)15-9-16(23-20-15)17(22)19-13-7-5-11(2)6-8-13/h5-8,10,16H,4,9H2,1-3H3,(H,19,22)/t16-/m0/s1. The van der Waals surface area contributed by atoms with E-state index in [1.165, 1.54) is 0 Å². The maximum Gasteiger partial charge on any atom is 0.268 e. The molecule has 1 amide bonds. The predicted molar refractivity (Wildman–Crippen MR) is 88.5 cm³/mol. The highest BCUT2D eigenvalue weighted by Crippen LogP contribution is 2.20. The number of benzene rings is 1. The van der Waals surface area contributed by atoms with Gasteiger partial charge in [0, 0.05) is 29.9 Å². The summed E-state index contributed by atoms with van der Waals surface area (Å²) < 4.78 is 1.90. The minimum absolute atomic E-state index is 0.187. The van der Waals surface area contributed by atoms with Crippen molar-refractivity contribution >= 4 is 17.3 Å². The van der Waals surface area contributed by atoms with Crippen molar-refractivity contribution in [2.45, 2.75) is 39.8 Å². The number of nitrogens with zero attached hydrogens (tertiary/aromatic N) is 3. The van der Waals surface area contributed by atoms with E-state index in [1.54, 1.807) is 6.20 Å². The van der Waals surface area contributed by atoms with Crippen LogP contribution in [-0.4, -0.2) is 27.5 Å². The van der Waals surface area contributed by atoms with Crippen molar-refractivity contribution in [2.75, 3.05) is 5.32 Å². The van der Waals surface area contributed by atoms with Crippen molar-refractivity contribution in [3.05, 3.63) is 47.3 Å². The second-order valence-electron chi connectivity index (χ2n) is 5.65. The van der Waals surface area contributed by atoms with Gasteiger partial charge in [0.2, 0.25) is 6.10 Å². The lowest BCUT2D eigenvalue weighted by Crippen LogP contribution is -2.28. The zero-order chi connectivity index (χ0) is 16.4. The van der Waals surface area contributed by atoms with Crippen molar-refractivity contribution < 1.29 is 9.63 Å². The lowest BCUT2D eigenvalue weighted by atomic mass is 10.1. The van der Waals surface area contributed by atoms with E-state index in [1.807, 2.05) is 49.7 Å². The fraction of sp³-hybridized carbons (Fsp3) is 0.353. The minimum atomic E-state index is -0.601. The minimum Gasteiger partial charge on any atom is -0.382 e. The van der Waals surface area contributed by atoms with Crippen molar-refractivity contribution in [3.63, 3.8) is 0 Å². The second kappa shape index (κ2) is 6.24. The lowest BCUT2D eigenvalue weighted by molar-refractivity contribution is -0.125. The number of hydrogen-bond acceptors (Lipinski definition) is 4. The molecule has 1 aromatic heterocycles. The largest absolute Gasteiger partial charge is 0.382 e. The summed E-state index contributed by atoms with van der Waals surface area (Å²) in [4.78, 5) is 17.6. The van der Waals surface area contributed by atoms with Gasteiger partial charge in [0.1, 0.15) is 0 Å². The average Bonchev–Trinajstić information content (AvgIpc) is 3.16. The van der Waals surface area contributed by atoms with Gasteiger partial charge in [-0.15, -0.1) is 0 Å². The van der Waals surface area contributed by atoms with E-state index < -0.39 is 6.10 Å². The first-order valence-corrected chi connectivity index (χ1v) is 7.71. The van der Waals surface area contributed by atoms with Crippen LogP contribution in [0, 0.1) is 13.8 Å². The highest BCUT2D eigenvalue weighted by molar-refractivity contribution is 6.06. The summed E-state index contributed by atoms with van der Waals surface area (Å²) >= 11 is 0. The van der Waals surface area contributed by atoms with Crippen LogP contribution < -0.4 is 5.32 Å². The normalized spacial score (nSPS) is 16.8. The molecule has 1 aliphatic rings. The first-order valence-electron chi connectivity index (χ1n) is 7.71. The number of nitrogens with one attached hydrogen (secondary N) is 1. The first-order chi connectivity index (χ1) is 11.1. The molecule has 1 aliphatic heterocycles. The molecule has 0 saturated carbocycles. The first kappa shape index (κ1) is 15.3. The molecule has 2 aromatic rings. The third-order valence-corrected chi connectivity index (χ3v) is 3.99. The number of amides is 1. The monoisotopic (exact) mass is 312 g/mol. The molecule has 0 spiro atoms. The molecule has 1 atom stereocenters. The number of rotatable bonds is 4. The molecule has 6 heteroatoms. The van der Waals surface area contributed by atoms with Gasteiger partial charge in [-0.1, -0.05) is 22.9 Å². The van der Waals surface area contributed by atoms with Crippen LogP contribution in [0.4, 0.5) is 5.69 Å². The van der Waals surface area contributed by atoms with Gasteiger partial charge in [-0.3, -0.25) is 9.48 Å². The summed E-state index contributed by atoms with van der Waals surface area (Å²) in [6.45, 7) is 6.84. The Kier molecular flexibility index (Phi) is 4.14. The molecule has 6 nitrogen and oxygen atoms in total. The smallest absolute Gasteiger partial charge is 0.268 e. The summed E-state index contributed by atoms with van der Waals surface area (Å²) in [5, 5.41) is 11.2. The topological polar surface area (TPSA) is 68.5 Å². The van der Waals surface area contributed by atoms with Gasteiger partial charge in [0.15, 0.2) is 0 Å². The van der Waals surface area contributed by atoms with Crippen LogP contribution >= 0.6 is 0 Å². The number of carbonyl (C=O) groups excluding carboxylic acids is 1. The number of hydrogen-bond donors (Lipinski definition) is 1. The van der Waals surface area contributed by atoms with Crippen molar-refractivity contribution in [1.82, 2.24) is 9.78 Å². The molecular formula is C17H20N4O2.